The molecule has 1 unspecified atom stereocenters. The molecule has 2 N–H and O–H groups in total. The number of anilines is 1. The van der Waals surface area contributed by atoms with Crippen LogP contribution in [0.4, 0.5) is 10.1 Å². The molecular weight excluding hydrogens is 337 g/mol. The van der Waals surface area contributed by atoms with Gasteiger partial charge in [0.05, 0.1) is 5.60 Å². The van der Waals surface area contributed by atoms with Gasteiger partial charge in [0.25, 0.3) is 5.91 Å². The molecule has 2 aliphatic rings. The Labute approximate surface area is 150 Å². The topological polar surface area (TPSA) is 74.7 Å². The first-order valence-corrected chi connectivity index (χ1v) is 8.66. The molecule has 4 rings (SSSR count). The Morgan fingerprint density at radius 1 is 1.19 bits per heavy atom. The summed E-state index contributed by atoms with van der Waals surface area (Å²) in [7, 11) is 0. The third-order valence-corrected chi connectivity index (χ3v) is 5.13. The van der Waals surface area contributed by atoms with Crippen molar-refractivity contribution in [3.63, 3.8) is 0 Å². The van der Waals surface area contributed by atoms with E-state index in [1.54, 1.807) is 12.1 Å². The van der Waals surface area contributed by atoms with Crippen molar-refractivity contribution in [1.82, 2.24) is 10.3 Å². The maximum absolute atomic E-state index is 13.1. The maximum atomic E-state index is 13.1. The second-order valence-electron chi connectivity index (χ2n) is 6.82. The third-order valence-electron chi connectivity index (χ3n) is 5.13. The summed E-state index contributed by atoms with van der Waals surface area (Å²) in [5, 5.41) is 12.4. The molecule has 7 heteroatoms. The molecule has 26 heavy (non-hydrogen) atoms. The first-order chi connectivity index (χ1) is 12.5. The first kappa shape index (κ1) is 16.8. The van der Waals surface area contributed by atoms with Crippen LogP contribution in [-0.4, -0.2) is 41.2 Å². The van der Waals surface area contributed by atoms with Gasteiger partial charge in [-0.1, -0.05) is 0 Å². The van der Waals surface area contributed by atoms with Crippen LogP contribution in [0.5, 0.6) is 5.75 Å². The van der Waals surface area contributed by atoms with E-state index < -0.39 is 17.7 Å². The van der Waals surface area contributed by atoms with Crippen molar-refractivity contribution in [2.24, 2.45) is 0 Å². The van der Waals surface area contributed by atoms with Crippen LogP contribution in [0.25, 0.3) is 0 Å². The fourth-order valence-electron chi connectivity index (χ4n) is 3.58. The zero-order chi connectivity index (χ0) is 18.1. The van der Waals surface area contributed by atoms with Crippen molar-refractivity contribution in [2.45, 2.75) is 24.5 Å². The van der Waals surface area contributed by atoms with Crippen LogP contribution >= 0.6 is 0 Å². The zero-order valence-electron chi connectivity index (χ0n) is 14.2. The van der Waals surface area contributed by atoms with Crippen LogP contribution in [0.1, 0.15) is 24.5 Å². The average molecular weight is 357 g/mol. The number of nitrogens with one attached hydrogen (secondary N) is 1. The highest BCUT2D eigenvalue weighted by Gasteiger charge is 2.44. The summed E-state index contributed by atoms with van der Waals surface area (Å²) in [5.74, 6) is -0.553. The van der Waals surface area contributed by atoms with Gasteiger partial charge in [0.15, 0.2) is 6.10 Å². The fourth-order valence-corrected chi connectivity index (χ4v) is 3.58. The van der Waals surface area contributed by atoms with E-state index in [2.05, 4.69) is 15.2 Å². The lowest BCUT2D eigenvalue weighted by Gasteiger charge is -2.46. The lowest BCUT2D eigenvalue weighted by Crippen LogP contribution is -2.58. The summed E-state index contributed by atoms with van der Waals surface area (Å²) in [4.78, 5) is 18.1. The summed E-state index contributed by atoms with van der Waals surface area (Å²) in [6, 6.07) is 9.91. The molecule has 0 radical (unpaired) electrons. The summed E-state index contributed by atoms with van der Waals surface area (Å²) in [6.07, 6.45) is 2.11. The van der Waals surface area contributed by atoms with Crippen LogP contribution in [0, 0.1) is 5.95 Å². The highest BCUT2D eigenvalue weighted by Crippen LogP contribution is 2.36. The summed E-state index contributed by atoms with van der Waals surface area (Å²) >= 11 is 0. The predicted molar refractivity (Wildman–Crippen MR) is 93.3 cm³/mol. The number of rotatable bonds is 2. The van der Waals surface area contributed by atoms with Gasteiger partial charge in [-0.05, 0) is 49.2 Å². The van der Waals surface area contributed by atoms with E-state index in [-0.39, 0.29) is 11.7 Å². The second kappa shape index (κ2) is 6.57. The average Bonchev–Trinajstić information content (AvgIpc) is 2.66. The number of piperidine rings is 1. The first-order valence-electron chi connectivity index (χ1n) is 8.66. The van der Waals surface area contributed by atoms with Gasteiger partial charge in [-0.15, -0.1) is 0 Å². The number of benzene rings is 1. The molecule has 2 aromatic rings. The number of carbonyl (C=O) groups excluding carboxylic acids is 1. The molecule has 6 nitrogen and oxygen atoms in total. The van der Waals surface area contributed by atoms with Gasteiger partial charge in [-0.25, -0.2) is 4.98 Å². The molecule has 2 fully saturated rings. The van der Waals surface area contributed by atoms with Crippen LogP contribution in [0.2, 0.25) is 0 Å². The molecule has 1 aromatic carbocycles. The Balaban J connectivity index is 1.47. The van der Waals surface area contributed by atoms with Crippen LogP contribution in [0.3, 0.4) is 0 Å². The number of hydrogen-bond donors (Lipinski definition) is 2. The van der Waals surface area contributed by atoms with Crippen molar-refractivity contribution < 1.29 is 19.0 Å². The van der Waals surface area contributed by atoms with E-state index in [1.807, 2.05) is 12.1 Å². The second-order valence-corrected chi connectivity index (χ2v) is 6.82. The standard InChI is InChI=1S/C19H20FN3O3/c20-16-6-1-13(11-21-16)17-18(25)22-12-19(26-17)7-9-23(10-8-19)14-2-4-15(24)5-3-14/h1-6,11,17,24H,7-10,12H2,(H,22,25). The molecule has 2 aliphatic heterocycles. The molecular formula is C19H20FN3O3. The number of halogens is 1. The molecule has 1 amide bonds. The normalized spacial score (nSPS) is 22.3. The van der Waals surface area contributed by atoms with E-state index in [9.17, 15) is 14.3 Å². The zero-order valence-corrected chi connectivity index (χ0v) is 14.2. The van der Waals surface area contributed by atoms with E-state index in [1.165, 1.54) is 18.3 Å². The summed E-state index contributed by atoms with van der Waals surface area (Å²) < 4.78 is 19.3. The molecule has 3 heterocycles. The van der Waals surface area contributed by atoms with Gasteiger partial charge in [-0.3, -0.25) is 4.79 Å². The van der Waals surface area contributed by atoms with Crippen molar-refractivity contribution in [1.29, 1.82) is 0 Å². The minimum atomic E-state index is -0.767. The number of phenolic OH excluding ortho intramolecular Hbond substituents is 1. The van der Waals surface area contributed by atoms with Gasteiger partial charge in [0, 0.05) is 37.1 Å². The van der Waals surface area contributed by atoms with Crippen molar-refractivity contribution >= 4 is 11.6 Å². The number of phenols is 1. The number of nitrogens with zero attached hydrogens (tertiary/aromatic N) is 2. The Bertz CT molecular complexity index is 787. The number of hydrogen-bond acceptors (Lipinski definition) is 5. The Morgan fingerprint density at radius 3 is 2.58 bits per heavy atom. The molecule has 0 bridgehead atoms. The monoisotopic (exact) mass is 357 g/mol. The van der Waals surface area contributed by atoms with E-state index >= 15 is 0 Å². The van der Waals surface area contributed by atoms with Gasteiger partial charge < -0.3 is 20.1 Å². The molecule has 0 saturated carbocycles. The van der Waals surface area contributed by atoms with Crippen molar-refractivity contribution in [2.75, 3.05) is 24.5 Å². The highest BCUT2D eigenvalue weighted by atomic mass is 19.1. The number of morpholine rings is 1. The molecule has 2 saturated heterocycles. The van der Waals surface area contributed by atoms with E-state index in [4.69, 9.17) is 4.74 Å². The van der Waals surface area contributed by atoms with Gasteiger partial charge in [-0.2, -0.15) is 4.39 Å². The summed E-state index contributed by atoms with van der Waals surface area (Å²) in [5.41, 5.74) is 1.18. The van der Waals surface area contributed by atoms with Crippen molar-refractivity contribution in [3.05, 3.63) is 54.1 Å². The Hall–Kier alpha value is -2.67. The molecule has 1 spiro atoms. The smallest absolute Gasteiger partial charge is 0.253 e. The molecule has 1 aromatic heterocycles. The Morgan fingerprint density at radius 2 is 1.92 bits per heavy atom. The maximum Gasteiger partial charge on any atom is 0.253 e. The van der Waals surface area contributed by atoms with Gasteiger partial charge in [0.2, 0.25) is 5.95 Å². The van der Waals surface area contributed by atoms with E-state index in [0.29, 0.717) is 12.1 Å². The number of aromatic hydroxyl groups is 1. The largest absolute Gasteiger partial charge is 0.508 e. The minimum Gasteiger partial charge on any atom is -0.508 e. The quantitative estimate of drug-likeness (QED) is 0.806. The molecule has 0 aliphatic carbocycles. The number of aromatic nitrogens is 1. The number of amides is 1. The summed E-state index contributed by atoms with van der Waals surface area (Å²) in [6.45, 7) is 2.05. The third kappa shape index (κ3) is 3.22. The molecule has 1 atom stereocenters. The lowest BCUT2D eigenvalue weighted by atomic mass is 9.88. The van der Waals surface area contributed by atoms with Crippen molar-refractivity contribution in [3.8, 4) is 5.75 Å². The lowest BCUT2D eigenvalue weighted by molar-refractivity contribution is -0.166. The van der Waals surface area contributed by atoms with Gasteiger partial charge >= 0.3 is 0 Å². The molecule has 136 valence electrons. The predicted octanol–water partition coefficient (Wildman–Crippen LogP) is 2.15. The SMILES string of the molecule is O=C1NCC2(CCN(c3ccc(O)cc3)CC2)OC1c1ccc(F)nc1. The van der Waals surface area contributed by atoms with Gasteiger partial charge in [0.1, 0.15) is 5.75 Å². The minimum absolute atomic E-state index is 0.218. The van der Waals surface area contributed by atoms with Crippen LogP contribution in [-0.2, 0) is 9.53 Å². The van der Waals surface area contributed by atoms with E-state index in [0.717, 1.165) is 31.6 Å². The fraction of sp³-hybridized carbons (Fsp3) is 0.368. The number of pyridine rings is 1. The highest BCUT2D eigenvalue weighted by molar-refractivity contribution is 5.83. The number of ether oxygens (including phenoxy) is 1. The van der Waals surface area contributed by atoms with Crippen LogP contribution < -0.4 is 10.2 Å². The van der Waals surface area contributed by atoms with Crippen LogP contribution in [0.15, 0.2) is 42.6 Å². The Kier molecular flexibility index (Phi) is 4.24. The number of carbonyl (C=O) groups is 1.